The molecule has 0 aliphatic heterocycles. The highest BCUT2D eigenvalue weighted by molar-refractivity contribution is 9.10. The van der Waals surface area contributed by atoms with Crippen molar-refractivity contribution in [2.75, 3.05) is 13.1 Å². The average Bonchev–Trinajstić information content (AvgIpc) is 3.01. The van der Waals surface area contributed by atoms with Gasteiger partial charge >= 0.3 is 5.97 Å². The minimum absolute atomic E-state index is 0.0701. The van der Waals surface area contributed by atoms with Crippen LogP contribution < -0.4 is 0 Å². The van der Waals surface area contributed by atoms with E-state index in [-0.39, 0.29) is 24.8 Å². The largest absolute Gasteiger partial charge is 0.481 e. The molecule has 1 amide bonds. The quantitative estimate of drug-likeness (QED) is 0.783. The Labute approximate surface area is 149 Å². The fraction of sp³-hybridized carbons (Fsp3) is 0.353. The summed E-state index contributed by atoms with van der Waals surface area (Å²) in [6, 6.07) is 7.58. The predicted molar refractivity (Wildman–Crippen MR) is 94.3 cm³/mol. The van der Waals surface area contributed by atoms with Gasteiger partial charge in [0.1, 0.15) is 0 Å². The van der Waals surface area contributed by atoms with Gasteiger partial charge in [-0.05, 0) is 30.2 Å². The van der Waals surface area contributed by atoms with Crippen molar-refractivity contribution in [3.8, 4) is 5.69 Å². The van der Waals surface area contributed by atoms with Gasteiger partial charge in [-0.3, -0.25) is 9.59 Å². The molecule has 128 valence electrons. The highest BCUT2D eigenvalue weighted by Crippen LogP contribution is 2.15. The number of rotatable bonds is 7. The molecule has 0 aliphatic rings. The zero-order chi connectivity index (χ0) is 17.7. The predicted octanol–water partition coefficient (Wildman–Crippen LogP) is 3.21. The second-order valence-electron chi connectivity index (χ2n) is 5.94. The molecule has 0 spiro atoms. The Morgan fingerprint density at radius 3 is 2.54 bits per heavy atom. The van der Waals surface area contributed by atoms with Crippen LogP contribution in [-0.4, -0.2) is 44.8 Å². The maximum atomic E-state index is 12.7. The van der Waals surface area contributed by atoms with E-state index < -0.39 is 5.97 Å². The smallest absolute Gasteiger partial charge is 0.305 e. The molecule has 6 nitrogen and oxygen atoms in total. The first kappa shape index (κ1) is 18.2. The first-order chi connectivity index (χ1) is 11.4. The highest BCUT2D eigenvalue weighted by Gasteiger charge is 2.19. The molecule has 1 aromatic carbocycles. The maximum absolute atomic E-state index is 12.7. The van der Waals surface area contributed by atoms with E-state index in [1.165, 1.54) is 6.20 Å². The van der Waals surface area contributed by atoms with Crippen molar-refractivity contribution in [2.45, 2.75) is 20.3 Å². The number of carboxylic acids is 1. The van der Waals surface area contributed by atoms with E-state index in [0.717, 1.165) is 10.2 Å². The lowest BCUT2D eigenvalue weighted by molar-refractivity contribution is -0.137. The van der Waals surface area contributed by atoms with E-state index in [1.807, 2.05) is 38.1 Å². The zero-order valence-corrected chi connectivity index (χ0v) is 15.2. The van der Waals surface area contributed by atoms with Crippen LogP contribution >= 0.6 is 15.9 Å². The van der Waals surface area contributed by atoms with E-state index in [1.54, 1.807) is 15.8 Å². The van der Waals surface area contributed by atoms with Crippen molar-refractivity contribution in [2.24, 2.45) is 5.92 Å². The number of aromatic nitrogens is 2. The van der Waals surface area contributed by atoms with E-state index in [9.17, 15) is 9.59 Å². The Morgan fingerprint density at radius 2 is 1.96 bits per heavy atom. The van der Waals surface area contributed by atoms with Crippen LogP contribution in [-0.2, 0) is 4.79 Å². The molecule has 0 bridgehead atoms. The second kappa shape index (κ2) is 8.10. The zero-order valence-electron chi connectivity index (χ0n) is 13.6. The summed E-state index contributed by atoms with van der Waals surface area (Å²) in [5, 5.41) is 13.1. The van der Waals surface area contributed by atoms with Crippen molar-refractivity contribution in [1.82, 2.24) is 14.7 Å². The number of nitrogens with zero attached hydrogens (tertiary/aromatic N) is 3. The SMILES string of the molecule is CC(C)CN(CCC(=O)O)C(=O)c1cnn(-c2ccc(Br)cc2)c1. The molecule has 1 heterocycles. The second-order valence-corrected chi connectivity index (χ2v) is 6.85. The molecule has 1 aromatic heterocycles. The highest BCUT2D eigenvalue weighted by atomic mass is 79.9. The minimum Gasteiger partial charge on any atom is -0.481 e. The lowest BCUT2D eigenvalue weighted by Crippen LogP contribution is -2.35. The molecule has 0 unspecified atom stereocenters. The molecular formula is C17H20BrN3O3. The maximum Gasteiger partial charge on any atom is 0.305 e. The summed E-state index contributed by atoms with van der Waals surface area (Å²) in [6.07, 6.45) is 3.11. The van der Waals surface area contributed by atoms with Gasteiger partial charge in [0, 0.05) is 23.8 Å². The molecule has 2 aromatic rings. The number of hydrogen-bond donors (Lipinski definition) is 1. The number of carbonyl (C=O) groups is 2. The van der Waals surface area contributed by atoms with Gasteiger partial charge in [-0.1, -0.05) is 29.8 Å². The Morgan fingerprint density at radius 1 is 1.29 bits per heavy atom. The van der Waals surface area contributed by atoms with Crippen LogP contribution in [0.5, 0.6) is 0 Å². The third kappa shape index (κ3) is 4.92. The van der Waals surface area contributed by atoms with Crippen LogP contribution in [0, 0.1) is 5.92 Å². The number of hydrogen-bond acceptors (Lipinski definition) is 3. The van der Waals surface area contributed by atoms with Crippen LogP contribution in [0.1, 0.15) is 30.6 Å². The first-order valence-electron chi connectivity index (χ1n) is 7.68. The lowest BCUT2D eigenvalue weighted by atomic mass is 10.2. The summed E-state index contributed by atoms with van der Waals surface area (Å²) in [4.78, 5) is 25.0. The van der Waals surface area contributed by atoms with Gasteiger partial charge in [0.05, 0.1) is 23.9 Å². The van der Waals surface area contributed by atoms with E-state index >= 15 is 0 Å². The van der Waals surface area contributed by atoms with Crippen LogP contribution in [0.25, 0.3) is 5.69 Å². The van der Waals surface area contributed by atoms with Gasteiger partial charge in [0.25, 0.3) is 5.91 Å². The summed E-state index contributed by atoms with van der Waals surface area (Å²) >= 11 is 3.38. The summed E-state index contributed by atoms with van der Waals surface area (Å²) in [5.74, 6) is -0.861. The van der Waals surface area contributed by atoms with Crippen LogP contribution in [0.3, 0.4) is 0 Å². The van der Waals surface area contributed by atoms with Crippen LogP contribution in [0.4, 0.5) is 0 Å². The molecule has 24 heavy (non-hydrogen) atoms. The molecule has 0 saturated carbocycles. The van der Waals surface area contributed by atoms with Crippen LogP contribution in [0.15, 0.2) is 41.1 Å². The van der Waals surface area contributed by atoms with Crippen molar-refractivity contribution in [3.63, 3.8) is 0 Å². The van der Waals surface area contributed by atoms with Gasteiger partial charge in [-0.2, -0.15) is 5.10 Å². The van der Waals surface area contributed by atoms with E-state index in [2.05, 4.69) is 21.0 Å². The monoisotopic (exact) mass is 393 g/mol. The van der Waals surface area contributed by atoms with E-state index in [0.29, 0.717) is 12.1 Å². The summed E-state index contributed by atoms with van der Waals surface area (Å²) in [6.45, 7) is 4.68. The van der Waals surface area contributed by atoms with E-state index in [4.69, 9.17) is 5.11 Å². The number of halogens is 1. The summed E-state index contributed by atoms with van der Waals surface area (Å²) in [7, 11) is 0. The van der Waals surface area contributed by atoms with Crippen molar-refractivity contribution in [1.29, 1.82) is 0 Å². The molecule has 0 saturated heterocycles. The molecule has 2 rings (SSSR count). The third-order valence-electron chi connectivity index (χ3n) is 3.39. The molecule has 0 aliphatic carbocycles. The van der Waals surface area contributed by atoms with Gasteiger partial charge in [-0.25, -0.2) is 4.68 Å². The molecule has 0 fully saturated rings. The number of amides is 1. The fourth-order valence-electron chi connectivity index (χ4n) is 2.30. The Hall–Kier alpha value is -2.15. The Balaban J connectivity index is 2.17. The lowest BCUT2D eigenvalue weighted by Gasteiger charge is -2.23. The van der Waals surface area contributed by atoms with Gasteiger partial charge in [0.15, 0.2) is 0 Å². The molecule has 7 heteroatoms. The Bertz CT molecular complexity index is 710. The first-order valence-corrected chi connectivity index (χ1v) is 8.48. The minimum atomic E-state index is -0.915. The number of carbonyl (C=O) groups excluding carboxylic acids is 1. The summed E-state index contributed by atoms with van der Waals surface area (Å²) in [5.41, 5.74) is 1.29. The van der Waals surface area contributed by atoms with Crippen LogP contribution in [0.2, 0.25) is 0 Å². The number of carboxylic acid groups (broad SMARTS) is 1. The van der Waals surface area contributed by atoms with Crippen molar-refractivity contribution >= 4 is 27.8 Å². The van der Waals surface area contributed by atoms with Gasteiger partial charge < -0.3 is 10.0 Å². The molecule has 1 N–H and O–H groups in total. The average molecular weight is 394 g/mol. The normalized spacial score (nSPS) is 10.8. The Kier molecular flexibility index (Phi) is 6.14. The van der Waals surface area contributed by atoms with Crippen molar-refractivity contribution < 1.29 is 14.7 Å². The topological polar surface area (TPSA) is 75.4 Å². The standard InChI is InChI=1S/C17H20BrN3O3/c1-12(2)10-20(8-7-16(22)23)17(24)13-9-19-21(11-13)15-5-3-14(18)4-6-15/h3-6,9,11-12H,7-8,10H2,1-2H3,(H,22,23). The third-order valence-corrected chi connectivity index (χ3v) is 3.92. The summed E-state index contributed by atoms with van der Waals surface area (Å²) < 4.78 is 2.59. The van der Waals surface area contributed by atoms with Gasteiger partial charge in [-0.15, -0.1) is 0 Å². The molecular weight excluding hydrogens is 374 g/mol. The molecule has 0 radical (unpaired) electrons. The van der Waals surface area contributed by atoms with Gasteiger partial charge in [0.2, 0.25) is 0 Å². The van der Waals surface area contributed by atoms with Crippen molar-refractivity contribution in [3.05, 3.63) is 46.7 Å². The number of aliphatic carboxylic acids is 1. The fourth-order valence-corrected chi connectivity index (χ4v) is 2.56. The number of benzene rings is 1. The molecule has 0 atom stereocenters.